The zero-order valence-corrected chi connectivity index (χ0v) is 6.52. The highest BCUT2D eigenvalue weighted by atomic mass is 15.2. The van der Waals surface area contributed by atoms with Gasteiger partial charge in [-0.3, -0.25) is 0 Å². The summed E-state index contributed by atoms with van der Waals surface area (Å²) in [5.41, 5.74) is 1.29. The molecule has 0 aromatic rings. The third kappa shape index (κ3) is 0.958. The fourth-order valence-corrected chi connectivity index (χ4v) is 1.36. The van der Waals surface area contributed by atoms with Gasteiger partial charge in [0.15, 0.2) is 0 Å². The molecule has 1 heterocycles. The van der Waals surface area contributed by atoms with Crippen molar-refractivity contribution >= 4 is 0 Å². The molecule has 0 bridgehead atoms. The summed E-state index contributed by atoms with van der Waals surface area (Å²) in [6.07, 6.45) is 1.18. The van der Waals surface area contributed by atoms with Crippen molar-refractivity contribution < 1.29 is 0 Å². The van der Waals surface area contributed by atoms with Crippen molar-refractivity contribution in [2.45, 2.75) is 26.3 Å². The Balaban J connectivity index is 2.65. The normalized spacial score (nSPS) is 35.9. The van der Waals surface area contributed by atoms with Crippen molar-refractivity contribution in [3.63, 3.8) is 0 Å². The second-order valence-electron chi connectivity index (χ2n) is 3.10. The lowest BCUT2D eigenvalue weighted by molar-refractivity contribution is 0.330. The van der Waals surface area contributed by atoms with E-state index in [4.69, 9.17) is 0 Å². The van der Waals surface area contributed by atoms with Crippen LogP contribution < -0.4 is 0 Å². The molecule has 1 aliphatic heterocycles. The first-order chi connectivity index (χ1) is 4.13. The fraction of sp³-hybridized carbons (Fsp3) is 0.750. The first kappa shape index (κ1) is 6.66. The maximum absolute atomic E-state index is 3.96. The fourth-order valence-electron chi connectivity index (χ4n) is 1.36. The predicted octanol–water partition coefficient (Wildman–Crippen LogP) is 1.86. The van der Waals surface area contributed by atoms with E-state index in [0.29, 0.717) is 6.04 Å². The molecule has 0 N–H and O–H groups in total. The Hall–Kier alpha value is -0.460. The Bertz CT molecular complexity index is 129. The van der Waals surface area contributed by atoms with E-state index in [1.54, 1.807) is 0 Å². The van der Waals surface area contributed by atoms with Crippen molar-refractivity contribution in [1.82, 2.24) is 4.90 Å². The lowest BCUT2D eigenvalue weighted by atomic mass is 10.1. The minimum atomic E-state index is 0.692. The Morgan fingerprint density at radius 1 is 1.56 bits per heavy atom. The van der Waals surface area contributed by atoms with E-state index < -0.39 is 0 Å². The van der Waals surface area contributed by atoms with Gasteiger partial charge in [-0.25, -0.2) is 0 Å². The molecule has 0 spiro atoms. The topological polar surface area (TPSA) is 3.24 Å². The highest BCUT2D eigenvalue weighted by Gasteiger charge is 2.25. The van der Waals surface area contributed by atoms with E-state index in [0.717, 1.165) is 5.92 Å². The van der Waals surface area contributed by atoms with Crippen molar-refractivity contribution in [3.8, 4) is 0 Å². The molecule has 52 valence electrons. The average molecular weight is 125 g/mol. The van der Waals surface area contributed by atoms with Crippen LogP contribution in [-0.4, -0.2) is 18.0 Å². The Morgan fingerprint density at radius 2 is 2.11 bits per heavy atom. The molecule has 2 atom stereocenters. The molecule has 1 fully saturated rings. The molecule has 2 unspecified atom stereocenters. The Kier molecular flexibility index (Phi) is 1.52. The number of hydrogen-bond acceptors (Lipinski definition) is 1. The summed E-state index contributed by atoms with van der Waals surface area (Å²) in [5, 5.41) is 0. The largest absolute Gasteiger partial charge is 0.375 e. The number of hydrogen-bond donors (Lipinski definition) is 0. The van der Waals surface area contributed by atoms with E-state index in [9.17, 15) is 0 Å². The van der Waals surface area contributed by atoms with Gasteiger partial charge < -0.3 is 4.90 Å². The summed E-state index contributed by atoms with van der Waals surface area (Å²) in [4.78, 5) is 2.27. The van der Waals surface area contributed by atoms with Crippen LogP contribution in [0.1, 0.15) is 20.3 Å². The van der Waals surface area contributed by atoms with E-state index in [1.807, 2.05) is 0 Å². The lowest BCUT2D eigenvalue weighted by Crippen LogP contribution is -2.23. The number of likely N-dealkylation sites (tertiary alicyclic amines) is 1. The minimum Gasteiger partial charge on any atom is -0.375 e. The standard InChI is InChI=1S/C8H15N/c1-6-5-7(2)9(4)8(6)3/h6,8H,2,5H2,1,3-4H3. The summed E-state index contributed by atoms with van der Waals surface area (Å²) in [6.45, 7) is 8.49. The molecule has 1 nitrogen and oxygen atoms in total. The summed E-state index contributed by atoms with van der Waals surface area (Å²) in [5.74, 6) is 0.794. The van der Waals surface area contributed by atoms with Gasteiger partial charge in [-0.2, -0.15) is 0 Å². The maximum Gasteiger partial charge on any atom is 0.0284 e. The molecule has 0 radical (unpaired) electrons. The number of nitrogens with zero attached hydrogens (tertiary/aromatic N) is 1. The predicted molar refractivity (Wildman–Crippen MR) is 40.1 cm³/mol. The van der Waals surface area contributed by atoms with Crippen LogP contribution in [0.4, 0.5) is 0 Å². The van der Waals surface area contributed by atoms with Gasteiger partial charge in [0.25, 0.3) is 0 Å². The second kappa shape index (κ2) is 2.05. The molecular weight excluding hydrogens is 110 g/mol. The van der Waals surface area contributed by atoms with Gasteiger partial charge >= 0.3 is 0 Å². The van der Waals surface area contributed by atoms with Gasteiger partial charge in [-0.1, -0.05) is 13.5 Å². The third-order valence-corrected chi connectivity index (χ3v) is 2.49. The van der Waals surface area contributed by atoms with Gasteiger partial charge in [0.05, 0.1) is 0 Å². The maximum atomic E-state index is 3.96. The first-order valence-electron chi connectivity index (χ1n) is 3.53. The van der Waals surface area contributed by atoms with Crippen molar-refractivity contribution in [1.29, 1.82) is 0 Å². The van der Waals surface area contributed by atoms with Gasteiger partial charge in [0.2, 0.25) is 0 Å². The summed E-state index contributed by atoms with van der Waals surface area (Å²) < 4.78 is 0. The van der Waals surface area contributed by atoms with E-state index >= 15 is 0 Å². The van der Waals surface area contributed by atoms with E-state index in [-0.39, 0.29) is 0 Å². The van der Waals surface area contributed by atoms with Crippen LogP contribution in [0.2, 0.25) is 0 Å². The van der Waals surface area contributed by atoms with Crippen molar-refractivity contribution in [3.05, 3.63) is 12.3 Å². The third-order valence-electron chi connectivity index (χ3n) is 2.49. The summed E-state index contributed by atoms with van der Waals surface area (Å²) in [6, 6.07) is 0.692. The quantitative estimate of drug-likeness (QED) is 0.477. The zero-order chi connectivity index (χ0) is 7.02. The monoisotopic (exact) mass is 125 g/mol. The van der Waals surface area contributed by atoms with Crippen LogP contribution in [0, 0.1) is 5.92 Å². The Morgan fingerprint density at radius 3 is 2.22 bits per heavy atom. The molecule has 1 rings (SSSR count). The molecule has 0 saturated carbocycles. The van der Waals surface area contributed by atoms with Crippen molar-refractivity contribution in [2.24, 2.45) is 5.92 Å². The summed E-state index contributed by atoms with van der Waals surface area (Å²) >= 11 is 0. The minimum absolute atomic E-state index is 0.692. The molecule has 0 aliphatic carbocycles. The highest BCUT2D eigenvalue weighted by molar-refractivity contribution is 5.04. The molecule has 1 heteroatoms. The van der Waals surface area contributed by atoms with E-state index in [1.165, 1.54) is 12.1 Å². The summed E-state index contributed by atoms with van der Waals surface area (Å²) in [7, 11) is 2.12. The van der Waals surface area contributed by atoms with Crippen LogP contribution in [-0.2, 0) is 0 Å². The van der Waals surface area contributed by atoms with Crippen LogP contribution in [0.15, 0.2) is 12.3 Å². The SMILES string of the molecule is C=C1CC(C)C(C)N1C. The van der Waals surface area contributed by atoms with E-state index in [2.05, 4.69) is 32.4 Å². The molecule has 1 aliphatic rings. The molecule has 0 amide bonds. The molecule has 0 aromatic carbocycles. The van der Waals surface area contributed by atoms with Gasteiger partial charge in [0, 0.05) is 18.8 Å². The number of rotatable bonds is 0. The number of allylic oxidation sites excluding steroid dienone is 1. The smallest absolute Gasteiger partial charge is 0.0284 e. The zero-order valence-electron chi connectivity index (χ0n) is 6.52. The van der Waals surface area contributed by atoms with Crippen LogP contribution in [0.5, 0.6) is 0 Å². The lowest BCUT2D eigenvalue weighted by Gasteiger charge is -2.19. The van der Waals surface area contributed by atoms with Crippen molar-refractivity contribution in [2.75, 3.05) is 7.05 Å². The van der Waals surface area contributed by atoms with Crippen LogP contribution >= 0.6 is 0 Å². The molecule has 0 aromatic heterocycles. The van der Waals surface area contributed by atoms with Gasteiger partial charge in [0.1, 0.15) is 0 Å². The average Bonchev–Trinajstić information content (AvgIpc) is 1.98. The molecular formula is C8H15N. The van der Waals surface area contributed by atoms with Crippen LogP contribution in [0.3, 0.4) is 0 Å². The second-order valence-corrected chi connectivity index (χ2v) is 3.10. The Labute approximate surface area is 57.4 Å². The first-order valence-corrected chi connectivity index (χ1v) is 3.53. The van der Waals surface area contributed by atoms with Crippen LogP contribution in [0.25, 0.3) is 0 Å². The highest BCUT2D eigenvalue weighted by Crippen LogP contribution is 2.28. The molecule has 9 heavy (non-hydrogen) atoms. The molecule has 1 saturated heterocycles. The van der Waals surface area contributed by atoms with Gasteiger partial charge in [-0.05, 0) is 19.3 Å². The van der Waals surface area contributed by atoms with Gasteiger partial charge in [-0.15, -0.1) is 0 Å².